The number of hydrogen-bond acceptors (Lipinski definition) is 6. The van der Waals surface area contributed by atoms with Crippen molar-refractivity contribution in [2.45, 2.75) is 44.7 Å². The third kappa shape index (κ3) is 5.20. The van der Waals surface area contributed by atoms with Crippen LogP contribution < -0.4 is 5.32 Å². The lowest BCUT2D eigenvalue weighted by Gasteiger charge is -2.27. The molecule has 31 heavy (non-hydrogen) atoms. The second-order valence-electron chi connectivity index (χ2n) is 7.55. The molecular formula is C21H22F3N5O2. The molecule has 1 saturated heterocycles. The number of halogens is 3. The molecule has 3 aromatic rings. The third-order valence-electron chi connectivity index (χ3n) is 5.02. The summed E-state index contributed by atoms with van der Waals surface area (Å²) in [7, 11) is 0. The zero-order chi connectivity index (χ0) is 22.0. The third-order valence-corrected chi connectivity index (χ3v) is 5.02. The zero-order valence-electron chi connectivity index (χ0n) is 16.8. The summed E-state index contributed by atoms with van der Waals surface area (Å²) < 4.78 is 46.1. The minimum Gasteiger partial charge on any atom is -0.390 e. The molecule has 0 aliphatic carbocycles. The average Bonchev–Trinajstić information content (AvgIpc) is 3.18. The first kappa shape index (κ1) is 21.3. The first-order valence-corrected chi connectivity index (χ1v) is 9.89. The lowest BCUT2D eigenvalue weighted by molar-refractivity contribution is -0.141. The van der Waals surface area contributed by atoms with E-state index in [4.69, 9.17) is 4.74 Å². The Morgan fingerprint density at radius 2 is 2.10 bits per heavy atom. The summed E-state index contributed by atoms with van der Waals surface area (Å²) in [6, 6.07) is 6.37. The number of aromatic nitrogens is 4. The van der Waals surface area contributed by atoms with Gasteiger partial charge in [0.15, 0.2) is 0 Å². The monoisotopic (exact) mass is 433 g/mol. The number of rotatable bonds is 5. The fraction of sp³-hybridized carbons (Fsp3) is 0.381. The Morgan fingerprint density at radius 1 is 1.26 bits per heavy atom. The van der Waals surface area contributed by atoms with Crippen LogP contribution in [0.3, 0.4) is 0 Å². The Labute approximate surface area is 176 Å². The molecule has 0 bridgehead atoms. The highest BCUT2D eigenvalue weighted by Gasteiger charge is 2.32. The highest BCUT2D eigenvalue weighted by molar-refractivity contribution is 5.70. The second kappa shape index (κ2) is 8.64. The number of hydrogen-bond donors (Lipinski definition) is 2. The normalized spacial score (nSPS) is 19.4. The van der Waals surface area contributed by atoms with E-state index in [2.05, 4.69) is 20.4 Å². The van der Waals surface area contributed by atoms with Gasteiger partial charge in [-0.05, 0) is 49.1 Å². The van der Waals surface area contributed by atoms with Crippen LogP contribution in [-0.2, 0) is 17.5 Å². The Bertz CT molecular complexity index is 1050. The summed E-state index contributed by atoms with van der Waals surface area (Å²) in [6.45, 7) is 2.95. The minimum atomic E-state index is -4.54. The van der Waals surface area contributed by atoms with E-state index in [0.29, 0.717) is 25.3 Å². The number of alkyl halides is 3. The molecule has 164 valence electrons. The summed E-state index contributed by atoms with van der Waals surface area (Å²) in [4.78, 5) is 7.43. The molecule has 10 heteroatoms. The fourth-order valence-corrected chi connectivity index (χ4v) is 3.52. The van der Waals surface area contributed by atoms with Gasteiger partial charge in [0.1, 0.15) is 11.8 Å². The van der Waals surface area contributed by atoms with Gasteiger partial charge in [0.05, 0.1) is 18.8 Å². The topological polar surface area (TPSA) is 85.1 Å². The maximum atomic E-state index is 12.9. The fourth-order valence-electron chi connectivity index (χ4n) is 3.52. The molecule has 1 fully saturated rings. The molecule has 1 aromatic carbocycles. The first-order chi connectivity index (χ1) is 14.8. The standard InChI is InChI=1S/C21H22F3N5O2/c1-13-7-14(15-10-26-29(11-15)12-18-17(30)3-2-6-31-18)9-16(8-13)27-20-25-5-4-19(28-20)21(22,23)24/h4-5,7-11,17-18,30H,2-3,6,12H2,1H3,(H,25,27,28). The van der Waals surface area contributed by atoms with E-state index >= 15 is 0 Å². The van der Waals surface area contributed by atoms with Crippen LogP contribution in [0.2, 0.25) is 0 Å². The van der Waals surface area contributed by atoms with Crippen LogP contribution in [0.1, 0.15) is 24.1 Å². The van der Waals surface area contributed by atoms with Crippen LogP contribution in [0.4, 0.5) is 24.8 Å². The Balaban J connectivity index is 1.53. The summed E-state index contributed by atoms with van der Waals surface area (Å²) in [5, 5.41) is 17.3. The van der Waals surface area contributed by atoms with Gasteiger partial charge in [0.25, 0.3) is 0 Å². The van der Waals surface area contributed by atoms with Crippen LogP contribution in [0.25, 0.3) is 11.1 Å². The zero-order valence-corrected chi connectivity index (χ0v) is 16.8. The van der Waals surface area contributed by atoms with Gasteiger partial charge < -0.3 is 15.2 Å². The molecule has 7 nitrogen and oxygen atoms in total. The molecule has 1 aliphatic rings. The molecule has 1 aliphatic heterocycles. The van der Waals surface area contributed by atoms with Gasteiger partial charge in [0.2, 0.25) is 5.95 Å². The summed E-state index contributed by atoms with van der Waals surface area (Å²) in [5.74, 6) is -0.134. The van der Waals surface area contributed by atoms with Crippen LogP contribution in [0.5, 0.6) is 0 Å². The molecule has 0 saturated carbocycles. The molecule has 0 amide bonds. The molecule has 0 spiro atoms. The number of aryl methyl sites for hydroxylation is 1. The number of anilines is 2. The smallest absolute Gasteiger partial charge is 0.390 e. The number of aliphatic hydroxyl groups excluding tert-OH is 1. The number of benzene rings is 1. The second-order valence-corrected chi connectivity index (χ2v) is 7.55. The van der Waals surface area contributed by atoms with E-state index in [1.54, 1.807) is 23.0 Å². The maximum Gasteiger partial charge on any atom is 0.433 e. The van der Waals surface area contributed by atoms with E-state index in [9.17, 15) is 18.3 Å². The summed E-state index contributed by atoms with van der Waals surface area (Å²) in [5.41, 5.74) is 2.14. The predicted octanol–water partition coefficient (Wildman–Crippen LogP) is 3.95. The first-order valence-electron chi connectivity index (χ1n) is 9.89. The van der Waals surface area contributed by atoms with Crippen molar-refractivity contribution in [2.24, 2.45) is 0 Å². The van der Waals surface area contributed by atoms with Crippen molar-refractivity contribution >= 4 is 11.6 Å². The van der Waals surface area contributed by atoms with Gasteiger partial charge in [-0.25, -0.2) is 9.97 Å². The van der Waals surface area contributed by atoms with Gasteiger partial charge in [-0.3, -0.25) is 4.68 Å². The van der Waals surface area contributed by atoms with Crippen molar-refractivity contribution in [2.75, 3.05) is 11.9 Å². The van der Waals surface area contributed by atoms with E-state index in [0.717, 1.165) is 35.4 Å². The molecule has 2 aromatic heterocycles. The Hall–Kier alpha value is -2.98. The molecule has 4 rings (SSSR count). The Morgan fingerprint density at radius 3 is 2.87 bits per heavy atom. The molecule has 2 N–H and O–H groups in total. The van der Waals surface area contributed by atoms with E-state index in [1.165, 1.54) is 0 Å². The van der Waals surface area contributed by atoms with Crippen molar-refractivity contribution in [3.8, 4) is 11.1 Å². The average molecular weight is 433 g/mol. The van der Waals surface area contributed by atoms with E-state index in [-0.39, 0.29) is 12.1 Å². The number of ether oxygens (including phenoxy) is 1. The van der Waals surface area contributed by atoms with E-state index in [1.807, 2.05) is 19.2 Å². The lowest BCUT2D eigenvalue weighted by Crippen LogP contribution is -2.37. The van der Waals surface area contributed by atoms with Gasteiger partial charge in [-0.2, -0.15) is 18.3 Å². The largest absolute Gasteiger partial charge is 0.433 e. The van der Waals surface area contributed by atoms with Crippen LogP contribution in [0.15, 0.2) is 42.9 Å². The quantitative estimate of drug-likeness (QED) is 0.634. The molecular weight excluding hydrogens is 411 g/mol. The van der Waals surface area contributed by atoms with Crippen molar-refractivity contribution < 1.29 is 23.0 Å². The highest BCUT2D eigenvalue weighted by atomic mass is 19.4. The number of nitrogens with one attached hydrogen (secondary N) is 1. The van der Waals surface area contributed by atoms with Crippen LogP contribution in [0, 0.1) is 6.92 Å². The van der Waals surface area contributed by atoms with Crippen molar-refractivity contribution in [1.29, 1.82) is 0 Å². The number of aliphatic hydroxyl groups is 1. The molecule has 0 radical (unpaired) electrons. The van der Waals surface area contributed by atoms with Gasteiger partial charge in [-0.15, -0.1) is 0 Å². The van der Waals surface area contributed by atoms with Crippen molar-refractivity contribution in [3.05, 3.63) is 54.1 Å². The maximum absolute atomic E-state index is 12.9. The van der Waals surface area contributed by atoms with Crippen LogP contribution >= 0.6 is 0 Å². The minimum absolute atomic E-state index is 0.134. The molecule has 2 atom stereocenters. The van der Waals surface area contributed by atoms with Crippen LogP contribution in [-0.4, -0.2) is 43.7 Å². The number of nitrogens with zero attached hydrogens (tertiary/aromatic N) is 4. The summed E-state index contributed by atoms with van der Waals surface area (Å²) >= 11 is 0. The predicted molar refractivity (Wildman–Crippen MR) is 108 cm³/mol. The Kier molecular flexibility index (Phi) is 5.92. The highest BCUT2D eigenvalue weighted by Crippen LogP contribution is 2.29. The van der Waals surface area contributed by atoms with Crippen molar-refractivity contribution in [1.82, 2.24) is 19.7 Å². The van der Waals surface area contributed by atoms with E-state index < -0.39 is 18.0 Å². The SMILES string of the molecule is Cc1cc(Nc2nccc(C(F)(F)F)n2)cc(-c2cnn(CC3OCCCC3O)c2)c1. The summed E-state index contributed by atoms with van der Waals surface area (Å²) in [6.07, 6.45) is 0.832. The van der Waals surface area contributed by atoms with Gasteiger partial charge >= 0.3 is 6.18 Å². The molecule has 2 unspecified atom stereocenters. The lowest BCUT2D eigenvalue weighted by atomic mass is 10.1. The molecule has 3 heterocycles. The van der Waals surface area contributed by atoms with Crippen molar-refractivity contribution in [3.63, 3.8) is 0 Å². The van der Waals surface area contributed by atoms with Gasteiger partial charge in [0, 0.05) is 30.3 Å². The van der Waals surface area contributed by atoms with Gasteiger partial charge in [-0.1, -0.05) is 6.07 Å².